The molecule has 16 heavy (non-hydrogen) atoms. The number of nitrogens with one attached hydrogen (secondary N) is 1. The molecular weight excluding hydrogens is 440 g/mol. The first-order chi connectivity index (χ1) is 7.63. The fourth-order valence-electron chi connectivity index (χ4n) is 1.37. The van der Waals surface area contributed by atoms with Crippen molar-refractivity contribution in [3.8, 4) is 0 Å². The van der Waals surface area contributed by atoms with Crippen molar-refractivity contribution in [3.05, 3.63) is 40.0 Å². The smallest absolute Gasteiger partial charge is 0.0833 e. The first-order valence-corrected chi connectivity index (χ1v) is 8.34. The number of nitrogens with two attached hydrogens (primary N) is 1. The third kappa shape index (κ3) is 2.60. The van der Waals surface area contributed by atoms with Gasteiger partial charge in [0.1, 0.15) is 0 Å². The maximum absolute atomic E-state index is 5.65. The summed E-state index contributed by atoms with van der Waals surface area (Å²) in [7, 11) is 0. The largest absolute Gasteiger partial charge is 0.271 e. The number of halogens is 3. The Bertz CT molecular complexity index is 495. The lowest BCUT2D eigenvalue weighted by atomic mass is 10.1. The Morgan fingerprint density at radius 1 is 1.31 bits per heavy atom. The molecule has 0 radical (unpaired) electrons. The summed E-state index contributed by atoms with van der Waals surface area (Å²) in [5, 5.41) is 2.04. The minimum absolute atomic E-state index is 0.00583. The van der Waals surface area contributed by atoms with Crippen molar-refractivity contribution in [1.29, 1.82) is 0 Å². The van der Waals surface area contributed by atoms with E-state index in [1.165, 1.54) is 4.88 Å². The second-order valence-electron chi connectivity index (χ2n) is 3.01. The number of hydrogen-bond donors (Lipinski definition) is 2. The molecule has 2 nitrogen and oxygen atoms in total. The van der Waals surface area contributed by atoms with E-state index < -0.39 is 0 Å². The summed E-state index contributed by atoms with van der Waals surface area (Å²) in [4.78, 5) is 1.17. The zero-order chi connectivity index (χ0) is 11.7. The fourth-order valence-corrected chi connectivity index (χ4v) is 5.95. The molecule has 0 aliphatic heterocycles. The monoisotopic (exact) mass is 444 g/mol. The molecule has 2 aromatic rings. The molecule has 0 fully saturated rings. The minimum Gasteiger partial charge on any atom is -0.271 e. The average molecular weight is 447 g/mol. The Morgan fingerprint density at radius 3 is 2.50 bits per heavy atom. The molecule has 1 atom stereocenters. The topological polar surface area (TPSA) is 38.0 Å². The molecule has 0 saturated carbocycles. The van der Waals surface area contributed by atoms with Gasteiger partial charge in [-0.15, -0.1) is 22.7 Å². The van der Waals surface area contributed by atoms with E-state index in [1.807, 2.05) is 11.4 Å². The van der Waals surface area contributed by atoms with Crippen LogP contribution in [-0.4, -0.2) is 0 Å². The normalized spacial score (nSPS) is 13.0. The summed E-state index contributed by atoms with van der Waals surface area (Å²) in [5.41, 5.74) is 3.99. The molecule has 0 amide bonds. The van der Waals surface area contributed by atoms with Crippen LogP contribution in [0.2, 0.25) is 0 Å². The van der Waals surface area contributed by atoms with Gasteiger partial charge in [-0.1, -0.05) is 0 Å². The van der Waals surface area contributed by atoms with Gasteiger partial charge in [0.15, 0.2) is 0 Å². The first kappa shape index (κ1) is 13.2. The van der Waals surface area contributed by atoms with E-state index in [0.717, 1.165) is 17.6 Å². The lowest BCUT2D eigenvalue weighted by molar-refractivity contribution is 0.644. The molecule has 0 aliphatic rings. The lowest BCUT2D eigenvalue weighted by Crippen LogP contribution is -2.28. The molecule has 2 heterocycles. The van der Waals surface area contributed by atoms with Crippen molar-refractivity contribution in [1.82, 2.24) is 5.43 Å². The Hall–Kier alpha value is 0.760. The number of thiophene rings is 2. The SMILES string of the molecule is NNC(c1cc(Br)sc1Br)c1sccc1Br. The predicted molar refractivity (Wildman–Crippen MR) is 80.9 cm³/mol. The molecule has 2 aromatic heterocycles. The van der Waals surface area contributed by atoms with Gasteiger partial charge in [-0.05, 0) is 65.3 Å². The van der Waals surface area contributed by atoms with Crippen LogP contribution < -0.4 is 11.3 Å². The van der Waals surface area contributed by atoms with E-state index >= 15 is 0 Å². The van der Waals surface area contributed by atoms with Crippen molar-refractivity contribution < 1.29 is 0 Å². The molecular formula is C9H7Br3N2S2. The van der Waals surface area contributed by atoms with E-state index in [1.54, 1.807) is 22.7 Å². The highest BCUT2D eigenvalue weighted by Crippen LogP contribution is 2.40. The van der Waals surface area contributed by atoms with Crippen LogP contribution >= 0.6 is 70.5 Å². The van der Waals surface area contributed by atoms with E-state index in [0.29, 0.717) is 0 Å². The molecule has 0 spiro atoms. The van der Waals surface area contributed by atoms with Crippen molar-refractivity contribution in [2.24, 2.45) is 5.84 Å². The van der Waals surface area contributed by atoms with Gasteiger partial charge in [0.25, 0.3) is 0 Å². The van der Waals surface area contributed by atoms with Gasteiger partial charge in [-0.3, -0.25) is 5.84 Å². The van der Waals surface area contributed by atoms with Gasteiger partial charge >= 0.3 is 0 Å². The van der Waals surface area contributed by atoms with Crippen molar-refractivity contribution in [2.75, 3.05) is 0 Å². The summed E-state index contributed by atoms with van der Waals surface area (Å²) in [6.45, 7) is 0. The van der Waals surface area contributed by atoms with Crippen molar-refractivity contribution >= 4 is 70.5 Å². The molecule has 7 heteroatoms. The maximum Gasteiger partial charge on any atom is 0.0833 e. The molecule has 2 rings (SSSR count). The van der Waals surface area contributed by atoms with Gasteiger partial charge in [0.2, 0.25) is 0 Å². The van der Waals surface area contributed by atoms with Crippen LogP contribution in [0, 0.1) is 0 Å². The lowest BCUT2D eigenvalue weighted by Gasteiger charge is -2.14. The van der Waals surface area contributed by atoms with E-state index in [9.17, 15) is 0 Å². The standard InChI is InChI=1S/C9H7Br3N2S2/c10-5-1-2-15-8(5)7(14-13)4-3-6(11)16-9(4)12/h1-3,7,14H,13H2. The molecule has 1 unspecified atom stereocenters. The van der Waals surface area contributed by atoms with E-state index in [-0.39, 0.29) is 6.04 Å². The summed E-state index contributed by atoms with van der Waals surface area (Å²) in [6.07, 6.45) is 0. The zero-order valence-electron chi connectivity index (χ0n) is 7.84. The Kier molecular flexibility index (Phi) is 4.62. The molecule has 3 N–H and O–H groups in total. The third-order valence-electron chi connectivity index (χ3n) is 2.07. The Labute approximate surface area is 127 Å². The number of hydrogen-bond acceptors (Lipinski definition) is 4. The Balaban J connectivity index is 2.44. The third-order valence-corrected chi connectivity index (χ3v) is 6.39. The van der Waals surface area contributed by atoms with Gasteiger partial charge in [-0.25, -0.2) is 5.43 Å². The van der Waals surface area contributed by atoms with Crippen molar-refractivity contribution in [2.45, 2.75) is 6.04 Å². The zero-order valence-corrected chi connectivity index (χ0v) is 14.2. The second kappa shape index (κ2) is 5.60. The van der Waals surface area contributed by atoms with Gasteiger partial charge in [0, 0.05) is 14.9 Å². The second-order valence-corrected chi connectivity index (χ2v) is 8.56. The molecule has 86 valence electrons. The molecule has 0 saturated heterocycles. The van der Waals surface area contributed by atoms with Crippen LogP contribution in [0.3, 0.4) is 0 Å². The highest BCUT2D eigenvalue weighted by Gasteiger charge is 2.21. The summed E-state index contributed by atoms with van der Waals surface area (Å²) in [5.74, 6) is 5.65. The summed E-state index contributed by atoms with van der Waals surface area (Å²) >= 11 is 13.9. The van der Waals surface area contributed by atoms with Crippen LogP contribution in [0.15, 0.2) is 29.6 Å². The van der Waals surface area contributed by atoms with Gasteiger partial charge < -0.3 is 0 Å². The van der Waals surface area contributed by atoms with Gasteiger partial charge in [-0.2, -0.15) is 0 Å². The quantitative estimate of drug-likeness (QED) is 0.532. The highest BCUT2D eigenvalue weighted by molar-refractivity contribution is 9.12. The van der Waals surface area contributed by atoms with Crippen LogP contribution in [0.1, 0.15) is 16.5 Å². The minimum atomic E-state index is 0.00583. The van der Waals surface area contributed by atoms with Crippen LogP contribution in [0.5, 0.6) is 0 Å². The van der Waals surface area contributed by atoms with Crippen LogP contribution in [0.25, 0.3) is 0 Å². The number of hydrazine groups is 1. The van der Waals surface area contributed by atoms with Gasteiger partial charge in [0.05, 0.1) is 13.6 Å². The Morgan fingerprint density at radius 2 is 2.06 bits per heavy atom. The summed E-state index contributed by atoms with van der Waals surface area (Å²) in [6, 6.07) is 4.11. The van der Waals surface area contributed by atoms with E-state index in [2.05, 4.69) is 59.3 Å². The van der Waals surface area contributed by atoms with Crippen LogP contribution in [0.4, 0.5) is 0 Å². The maximum atomic E-state index is 5.65. The van der Waals surface area contributed by atoms with Crippen LogP contribution in [-0.2, 0) is 0 Å². The predicted octanol–water partition coefficient (Wildman–Crippen LogP) is 4.65. The van der Waals surface area contributed by atoms with Crippen molar-refractivity contribution in [3.63, 3.8) is 0 Å². The number of rotatable bonds is 3. The molecule has 0 aliphatic carbocycles. The first-order valence-electron chi connectivity index (χ1n) is 4.27. The highest BCUT2D eigenvalue weighted by atomic mass is 79.9. The average Bonchev–Trinajstić information content (AvgIpc) is 2.77. The molecule has 0 bridgehead atoms. The summed E-state index contributed by atoms with van der Waals surface area (Å²) < 4.78 is 3.25. The van der Waals surface area contributed by atoms with E-state index in [4.69, 9.17) is 5.84 Å². The fraction of sp³-hybridized carbons (Fsp3) is 0.111. The molecule has 0 aromatic carbocycles.